The molecule has 2 atom stereocenters. The van der Waals surface area contributed by atoms with E-state index in [4.69, 9.17) is 28.2 Å². The molecule has 2 aliphatic heterocycles. The number of nitrogens with one attached hydrogen (secondary N) is 2. The second kappa shape index (κ2) is 26.6. The first-order chi connectivity index (χ1) is 35.9. The fourth-order valence-electron chi connectivity index (χ4n) is 9.64. The number of ether oxygens (including phenoxy) is 5. The summed E-state index contributed by atoms with van der Waals surface area (Å²) in [5.74, 6) is -1.32. The number of rotatable bonds is 25. The maximum Gasteiger partial charge on any atom is 0.270 e. The molecular formula is C52H69F2N9O10S. The lowest BCUT2D eigenvalue weighted by atomic mass is 9.83. The molecule has 402 valence electrons. The van der Waals surface area contributed by atoms with Crippen molar-refractivity contribution in [3.8, 4) is 11.6 Å². The molecule has 2 N–H and O–H groups in total. The van der Waals surface area contributed by atoms with Crippen LogP contribution in [0.5, 0.6) is 11.6 Å². The minimum absolute atomic E-state index is 0.0268. The van der Waals surface area contributed by atoms with Gasteiger partial charge in [-0.3, -0.25) is 29.1 Å². The first-order valence-corrected chi connectivity index (χ1v) is 26.6. The van der Waals surface area contributed by atoms with Gasteiger partial charge in [0.05, 0.1) is 68.0 Å². The van der Waals surface area contributed by atoms with E-state index in [0.29, 0.717) is 45.5 Å². The van der Waals surface area contributed by atoms with E-state index in [1.165, 1.54) is 15.5 Å². The lowest BCUT2D eigenvalue weighted by Crippen LogP contribution is -2.59. The predicted octanol–water partition coefficient (Wildman–Crippen LogP) is 5.11. The number of halogens is 2. The third-order valence-electron chi connectivity index (χ3n) is 14.1. The molecular weight excluding hydrogens is 981 g/mol. The zero-order valence-electron chi connectivity index (χ0n) is 42.6. The van der Waals surface area contributed by atoms with E-state index >= 15 is 0 Å². The molecule has 0 bridgehead atoms. The summed E-state index contributed by atoms with van der Waals surface area (Å²) in [6.07, 6.45) is 8.56. The van der Waals surface area contributed by atoms with Crippen LogP contribution in [0.1, 0.15) is 68.1 Å². The van der Waals surface area contributed by atoms with E-state index in [0.717, 1.165) is 91.9 Å². The highest BCUT2D eigenvalue weighted by Crippen LogP contribution is 2.32. The van der Waals surface area contributed by atoms with Crippen LogP contribution in [0.25, 0.3) is 21.1 Å². The summed E-state index contributed by atoms with van der Waals surface area (Å²) < 4.78 is 66.1. The molecule has 0 unspecified atom stereocenters. The largest absolute Gasteiger partial charge is 0.489 e. The third-order valence-corrected chi connectivity index (χ3v) is 15.0. The van der Waals surface area contributed by atoms with E-state index < -0.39 is 29.6 Å². The Bertz CT molecular complexity index is 2640. The Kier molecular flexibility index (Phi) is 19.6. The minimum atomic E-state index is -1.10. The molecule has 19 nitrogen and oxygen atoms in total. The molecule has 6 heterocycles. The monoisotopic (exact) mass is 1050 g/mol. The number of carbonyl (C=O) groups is 4. The molecule has 2 saturated heterocycles. The highest BCUT2D eigenvalue weighted by atomic mass is 32.1. The first-order valence-electron chi connectivity index (χ1n) is 25.8. The van der Waals surface area contributed by atoms with E-state index in [1.807, 2.05) is 17.5 Å². The number of fused-ring (bicyclic) bond motifs is 2. The van der Waals surface area contributed by atoms with Crippen LogP contribution in [0.15, 0.2) is 52.5 Å². The number of piperazine rings is 1. The van der Waals surface area contributed by atoms with Crippen molar-refractivity contribution in [3.63, 3.8) is 0 Å². The number of amides is 4. The van der Waals surface area contributed by atoms with Crippen molar-refractivity contribution >= 4 is 56.1 Å². The third kappa shape index (κ3) is 14.3. The van der Waals surface area contributed by atoms with E-state index in [9.17, 15) is 28.0 Å². The number of likely N-dealkylation sites (N-methyl/N-ethyl adjacent to an activating group) is 2. The van der Waals surface area contributed by atoms with Crippen LogP contribution in [0, 0.1) is 17.6 Å². The van der Waals surface area contributed by atoms with Gasteiger partial charge in [-0.05, 0) is 80.4 Å². The average Bonchev–Trinajstić information content (AvgIpc) is 4.18. The number of carbonyl (C=O) groups excluding carboxylic acids is 4. The van der Waals surface area contributed by atoms with Gasteiger partial charge in [-0.15, -0.1) is 11.3 Å². The molecule has 74 heavy (non-hydrogen) atoms. The Morgan fingerprint density at radius 2 is 1.54 bits per heavy atom. The number of hydrogen-bond donors (Lipinski definition) is 2. The second-order valence-corrected chi connectivity index (χ2v) is 20.0. The van der Waals surface area contributed by atoms with Crippen LogP contribution in [0.4, 0.5) is 8.78 Å². The Hall–Kier alpha value is -5.78. The second-order valence-electron chi connectivity index (χ2n) is 19.1. The van der Waals surface area contributed by atoms with Crippen LogP contribution in [0.2, 0.25) is 0 Å². The number of thiophene rings is 1. The van der Waals surface area contributed by atoms with Gasteiger partial charge in [-0.1, -0.05) is 19.3 Å². The van der Waals surface area contributed by atoms with Crippen LogP contribution < -0.4 is 20.1 Å². The Balaban J connectivity index is 0.699. The summed E-state index contributed by atoms with van der Waals surface area (Å²) in [7, 11) is 3.29. The van der Waals surface area contributed by atoms with Gasteiger partial charge in [0.15, 0.2) is 17.4 Å². The number of nitrogens with zero attached hydrogens (tertiary/aromatic N) is 7. The standard InChI is InChI=1S/C52H69F2N9O10S/c1-35(55-2)50(65)57-48(36-7-5-4-6-8-36)52(67)62-18-16-61(17-19-62)51(66)44-30-37-29-40(53)41(54)32-43(37)63(44)34-47(64)59(3)20-21-68-22-23-69-24-25-70-26-27-71-46-31-39(73-58-46)33-60-14-10-38(11-15-60)72-45-9-13-56-42-12-28-74-49(42)45/h9,12-13,28-32,35-36,38,48,55H,4-8,10-11,14-27,33-34H2,1-3H3,(H,57,65)/t35-,48-/m0/s1. The number of piperidine rings is 1. The molecule has 5 aromatic rings. The van der Waals surface area contributed by atoms with Gasteiger partial charge < -0.3 is 58.1 Å². The van der Waals surface area contributed by atoms with E-state index in [-0.39, 0.29) is 98.8 Å². The molecule has 3 aliphatic rings. The van der Waals surface area contributed by atoms with Crippen molar-refractivity contribution < 1.29 is 56.2 Å². The van der Waals surface area contributed by atoms with Gasteiger partial charge in [0.25, 0.3) is 11.8 Å². The number of likely N-dealkylation sites (tertiary alicyclic amines) is 1. The first kappa shape index (κ1) is 54.5. The molecule has 3 fully saturated rings. The van der Waals surface area contributed by atoms with Crippen molar-refractivity contribution in [3.05, 3.63) is 71.1 Å². The number of aromatic nitrogens is 3. The van der Waals surface area contributed by atoms with Gasteiger partial charge in [0.1, 0.15) is 36.7 Å². The molecule has 1 aromatic carbocycles. The Labute approximate surface area is 433 Å². The lowest BCUT2D eigenvalue weighted by molar-refractivity contribution is -0.140. The Morgan fingerprint density at radius 3 is 2.27 bits per heavy atom. The fraction of sp³-hybridized carbons (Fsp3) is 0.577. The van der Waals surface area contributed by atoms with Gasteiger partial charge in [0.2, 0.25) is 17.7 Å². The molecule has 4 aromatic heterocycles. The summed E-state index contributed by atoms with van der Waals surface area (Å²) in [5.41, 5.74) is 1.26. The maximum absolute atomic E-state index is 14.6. The van der Waals surface area contributed by atoms with Crippen molar-refractivity contribution in [1.82, 2.24) is 44.9 Å². The van der Waals surface area contributed by atoms with Crippen LogP contribution in [-0.4, -0.2) is 182 Å². The molecule has 0 spiro atoms. The number of benzene rings is 1. The van der Waals surface area contributed by atoms with Crippen molar-refractivity contribution in [2.45, 2.75) is 83.1 Å². The predicted molar refractivity (Wildman–Crippen MR) is 272 cm³/mol. The van der Waals surface area contributed by atoms with Gasteiger partial charge in [0, 0.05) is 76.6 Å². The SMILES string of the molecule is CN[C@@H](C)C(=O)N[C@H](C(=O)N1CCN(C(=O)c2cc3cc(F)c(F)cc3n2CC(=O)N(C)CCOCCOCCOCCOc2cc(CN3CCC(Oc4ccnc5ccsc45)CC3)on2)CC1)C1CCCCC1. The highest BCUT2D eigenvalue weighted by molar-refractivity contribution is 7.17. The molecule has 8 rings (SSSR count). The number of hydrogen-bond acceptors (Lipinski definition) is 15. The van der Waals surface area contributed by atoms with Crippen LogP contribution in [0.3, 0.4) is 0 Å². The van der Waals surface area contributed by atoms with Gasteiger partial charge in [-0.25, -0.2) is 8.78 Å². The summed E-state index contributed by atoms with van der Waals surface area (Å²) in [5, 5.41) is 12.3. The fourth-order valence-corrected chi connectivity index (χ4v) is 10.5. The average molecular weight is 1050 g/mol. The van der Waals surface area contributed by atoms with Crippen molar-refractivity contribution in [2.75, 3.05) is 106 Å². The van der Waals surface area contributed by atoms with E-state index in [2.05, 4.69) is 25.7 Å². The summed E-state index contributed by atoms with van der Waals surface area (Å²) in [6, 6.07) is 8.09. The molecule has 1 aliphatic carbocycles. The molecule has 4 amide bonds. The summed E-state index contributed by atoms with van der Waals surface area (Å²) in [6.45, 7) is 7.09. The van der Waals surface area contributed by atoms with Crippen LogP contribution in [-0.2, 0) is 41.7 Å². The molecule has 0 radical (unpaired) electrons. The highest BCUT2D eigenvalue weighted by Gasteiger charge is 2.37. The van der Waals surface area contributed by atoms with Crippen molar-refractivity contribution in [2.24, 2.45) is 5.92 Å². The lowest BCUT2D eigenvalue weighted by Gasteiger charge is -2.39. The zero-order valence-corrected chi connectivity index (χ0v) is 43.4. The minimum Gasteiger partial charge on any atom is -0.489 e. The Morgan fingerprint density at radius 1 is 0.851 bits per heavy atom. The van der Waals surface area contributed by atoms with Gasteiger partial charge >= 0.3 is 0 Å². The van der Waals surface area contributed by atoms with Crippen LogP contribution >= 0.6 is 11.3 Å². The van der Waals surface area contributed by atoms with Crippen molar-refractivity contribution in [1.29, 1.82) is 0 Å². The quantitative estimate of drug-likeness (QED) is 0.0733. The normalized spacial score (nSPS) is 16.9. The summed E-state index contributed by atoms with van der Waals surface area (Å²) in [4.78, 5) is 66.0. The molecule has 22 heteroatoms. The van der Waals surface area contributed by atoms with Gasteiger partial charge in [-0.2, -0.15) is 0 Å². The van der Waals surface area contributed by atoms with E-state index in [1.54, 1.807) is 54.4 Å². The number of pyridine rings is 1. The zero-order chi connectivity index (χ0) is 52.0. The molecule has 1 saturated carbocycles. The summed E-state index contributed by atoms with van der Waals surface area (Å²) >= 11 is 1.65. The smallest absolute Gasteiger partial charge is 0.270 e. The topological polar surface area (TPSA) is 195 Å². The maximum atomic E-state index is 14.6.